The van der Waals surface area contributed by atoms with Gasteiger partial charge in [0.05, 0.1) is 6.04 Å². The molecule has 1 aliphatic rings. The maximum Gasteiger partial charge on any atom is 0.223 e. The predicted octanol–water partition coefficient (Wildman–Crippen LogP) is 5.38. The Labute approximate surface area is 169 Å². The Morgan fingerprint density at radius 3 is 2.57 bits per heavy atom. The molecule has 4 rings (SSSR count). The van der Waals surface area contributed by atoms with Gasteiger partial charge in [-0.3, -0.25) is 9.78 Å². The van der Waals surface area contributed by atoms with Crippen LogP contribution in [0.25, 0.3) is 10.9 Å². The van der Waals surface area contributed by atoms with Crippen molar-refractivity contribution < 1.29 is 9.90 Å². The summed E-state index contributed by atoms with van der Waals surface area (Å²) in [5.74, 6) is 0.173. The summed E-state index contributed by atoms with van der Waals surface area (Å²) in [5, 5.41) is 15.6. The maximum atomic E-state index is 13.0. The van der Waals surface area contributed by atoms with Crippen LogP contribution < -0.4 is 5.32 Å². The molecule has 0 spiro atoms. The van der Waals surface area contributed by atoms with Gasteiger partial charge >= 0.3 is 0 Å². The van der Waals surface area contributed by atoms with E-state index in [-0.39, 0.29) is 17.6 Å². The molecule has 2 aromatic carbocycles. The Morgan fingerprint density at radius 2 is 1.82 bits per heavy atom. The largest absolute Gasteiger partial charge is 0.505 e. The number of aromatic nitrogens is 1. The van der Waals surface area contributed by atoms with Gasteiger partial charge in [0.1, 0.15) is 11.3 Å². The minimum atomic E-state index is -0.460. The second kappa shape index (κ2) is 8.19. The molecule has 0 radical (unpaired) electrons. The molecule has 0 aliphatic heterocycles. The first-order valence-corrected chi connectivity index (χ1v) is 10.1. The van der Waals surface area contributed by atoms with Crippen molar-refractivity contribution in [3.8, 4) is 5.75 Å². The highest BCUT2D eigenvalue weighted by molar-refractivity contribution is 6.30. The number of nitrogens with zero attached hydrogens (tertiary/aromatic N) is 1. The van der Waals surface area contributed by atoms with Crippen LogP contribution in [-0.2, 0) is 4.79 Å². The van der Waals surface area contributed by atoms with E-state index in [4.69, 9.17) is 11.6 Å². The fraction of sp³-hybridized carbons (Fsp3) is 0.304. The molecule has 0 unspecified atom stereocenters. The lowest BCUT2D eigenvalue weighted by Gasteiger charge is -2.26. The molecule has 1 atom stereocenters. The van der Waals surface area contributed by atoms with Gasteiger partial charge in [0.25, 0.3) is 0 Å². The molecule has 1 aliphatic carbocycles. The SMILES string of the molecule is O=C(N[C@H](c1ccc(Cl)cc1)c1ccc2cccnc2c1O)C1CCCCC1. The molecule has 4 nitrogen and oxygen atoms in total. The van der Waals surface area contributed by atoms with Crippen molar-refractivity contribution in [1.82, 2.24) is 10.3 Å². The van der Waals surface area contributed by atoms with E-state index in [1.165, 1.54) is 6.42 Å². The average Bonchev–Trinajstić information content (AvgIpc) is 2.74. The number of fused-ring (bicyclic) bond motifs is 1. The first kappa shape index (κ1) is 18.8. The summed E-state index contributed by atoms with van der Waals surface area (Å²) >= 11 is 6.05. The number of phenols is 1. The fourth-order valence-corrected chi connectivity index (χ4v) is 4.12. The van der Waals surface area contributed by atoms with Crippen LogP contribution in [0.15, 0.2) is 54.7 Å². The Kier molecular flexibility index (Phi) is 5.49. The molecule has 1 heterocycles. The number of phenolic OH excluding ortho intramolecular Hbond substituents is 1. The zero-order valence-electron chi connectivity index (χ0n) is 15.6. The Balaban J connectivity index is 1.73. The van der Waals surface area contributed by atoms with E-state index < -0.39 is 6.04 Å². The van der Waals surface area contributed by atoms with E-state index in [2.05, 4.69) is 10.3 Å². The standard InChI is InChI=1S/C23H23ClN2O2/c24-18-11-8-16(9-12-18)20(26-23(28)17-5-2-1-3-6-17)19-13-10-15-7-4-14-25-21(15)22(19)27/h4,7-14,17,20,27H,1-3,5-6H2,(H,26,28)/t20-/m1/s1. The summed E-state index contributed by atoms with van der Waals surface area (Å²) in [6.07, 6.45) is 6.88. The Bertz CT molecular complexity index is 982. The smallest absolute Gasteiger partial charge is 0.223 e. The van der Waals surface area contributed by atoms with Crippen molar-refractivity contribution in [2.45, 2.75) is 38.1 Å². The maximum absolute atomic E-state index is 13.0. The number of benzene rings is 2. The number of halogens is 1. The second-order valence-corrected chi connectivity index (χ2v) is 7.84. The number of hydrogen-bond acceptors (Lipinski definition) is 3. The van der Waals surface area contributed by atoms with E-state index in [0.717, 1.165) is 36.6 Å². The predicted molar refractivity (Wildman–Crippen MR) is 111 cm³/mol. The number of nitrogens with one attached hydrogen (secondary N) is 1. The number of hydrogen-bond donors (Lipinski definition) is 2. The van der Waals surface area contributed by atoms with E-state index in [9.17, 15) is 9.90 Å². The van der Waals surface area contributed by atoms with Gasteiger partial charge in [-0.2, -0.15) is 0 Å². The lowest BCUT2D eigenvalue weighted by atomic mass is 9.87. The molecule has 0 saturated heterocycles. The third kappa shape index (κ3) is 3.83. The van der Waals surface area contributed by atoms with Crippen molar-refractivity contribution in [1.29, 1.82) is 0 Å². The number of carbonyl (C=O) groups is 1. The number of pyridine rings is 1. The fourth-order valence-electron chi connectivity index (χ4n) is 4.00. The normalized spacial score (nSPS) is 16.0. The van der Waals surface area contributed by atoms with Crippen LogP contribution in [-0.4, -0.2) is 16.0 Å². The minimum absolute atomic E-state index is 0.0317. The minimum Gasteiger partial charge on any atom is -0.505 e. The monoisotopic (exact) mass is 394 g/mol. The summed E-state index contributed by atoms with van der Waals surface area (Å²) in [5.41, 5.74) is 2.04. The molecule has 0 bridgehead atoms. The van der Waals surface area contributed by atoms with Crippen LogP contribution in [0.5, 0.6) is 5.75 Å². The Morgan fingerprint density at radius 1 is 1.07 bits per heavy atom. The molecule has 28 heavy (non-hydrogen) atoms. The van der Waals surface area contributed by atoms with Gasteiger partial charge in [-0.05, 0) is 36.6 Å². The van der Waals surface area contributed by atoms with E-state index in [1.54, 1.807) is 18.3 Å². The van der Waals surface area contributed by atoms with Gasteiger partial charge < -0.3 is 10.4 Å². The van der Waals surface area contributed by atoms with Gasteiger partial charge in [0, 0.05) is 28.1 Å². The van der Waals surface area contributed by atoms with Gasteiger partial charge in [0.2, 0.25) is 5.91 Å². The third-order valence-corrected chi connectivity index (χ3v) is 5.81. The molecule has 1 amide bonds. The van der Waals surface area contributed by atoms with Gasteiger partial charge in [0.15, 0.2) is 0 Å². The van der Waals surface area contributed by atoms with Crippen molar-refractivity contribution in [2.75, 3.05) is 0 Å². The zero-order chi connectivity index (χ0) is 19.5. The first-order valence-electron chi connectivity index (χ1n) is 9.76. The average molecular weight is 395 g/mol. The molecule has 2 N–H and O–H groups in total. The Hall–Kier alpha value is -2.59. The van der Waals surface area contributed by atoms with Gasteiger partial charge in [-0.15, -0.1) is 0 Å². The van der Waals surface area contributed by atoms with Crippen molar-refractivity contribution in [2.24, 2.45) is 5.92 Å². The van der Waals surface area contributed by atoms with E-state index >= 15 is 0 Å². The lowest BCUT2D eigenvalue weighted by molar-refractivity contribution is -0.126. The first-order chi connectivity index (χ1) is 13.6. The number of rotatable bonds is 4. The molecule has 1 aromatic heterocycles. The molecule has 3 aromatic rings. The number of aromatic hydroxyl groups is 1. The molecule has 144 valence electrons. The topological polar surface area (TPSA) is 62.2 Å². The highest BCUT2D eigenvalue weighted by Crippen LogP contribution is 2.35. The van der Waals surface area contributed by atoms with E-state index in [1.807, 2.05) is 36.4 Å². The third-order valence-electron chi connectivity index (χ3n) is 5.56. The van der Waals surface area contributed by atoms with Crippen molar-refractivity contribution >= 4 is 28.4 Å². The molecular formula is C23H23ClN2O2. The van der Waals surface area contributed by atoms with Crippen LogP contribution in [0.2, 0.25) is 5.02 Å². The van der Waals surface area contributed by atoms with Crippen LogP contribution in [0, 0.1) is 5.92 Å². The summed E-state index contributed by atoms with van der Waals surface area (Å²) in [4.78, 5) is 17.3. The van der Waals surface area contributed by atoms with Crippen LogP contribution in [0.4, 0.5) is 0 Å². The van der Waals surface area contributed by atoms with Gasteiger partial charge in [-0.1, -0.05) is 61.2 Å². The van der Waals surface area contributed by atoms with Gasteiger partial charge in [-0.25, -0.2) is 0 Å². The summed E-state index contributed by atoms with van der Waals surface area (Å²) in [6, 6.07) is 14.4. The lowest BCUT2D eigenvalue weighted by Crippen LogP contribution is -2.35. The molecule has 1 fully saturated rings. The second-order valence-electron chi connectivity index (χ2n) is 7.41. The number of carbonyl (C=O) groups excluding carboxylic acids is 1. The molecule has 5 heteroatoms. The summed E-state index contributed by atoms with van der Waals surface area (Å²) < 4.78 is 0. The highest BCUT2D eigenvalue weighted by atomic mass is 35.5. The van der Waals surface area contributed by atoms with Crippen molar-refractivity contribution in [3.63, 3.8) is 0 Å². The zero-order valence-corrected chi connectivity index (χ0v) is 16.3. The van der Waals surface area contributed by atoms with Crippen LogP contribution in [0.3, 0.4) is 0 Å². The van der Waals surface area contributed by atoms with E-state index in [0.29, 0.717) is 16.1 Å². The molecule has 1 saturated carbocycles. The van der Waals surface area contributed by atoms with Crippen molar-refractivity contribution in [3.05, 3.63) is 70.9 Å². The van der Waals surface area contributed by atoms with Crippen LogP contribution in [0.1, 0.15) is 49.3 Å². The highest BCUT2D eigenvalue weighted by Gasteiger charge is 2.27. The number of amides is 1. The van der Waals surface area contributed by atoms with Crippen LogP contribution >= 0.6 is 11.6 Å². The summed E-state index contributed by atoms with van der Waals surface area (Å²) in [7, 11) is 0. The quantitative estimate of drug-likeness (QED) is 0.624. The summed E-state index contributed by atoms with van der Waals surface area (Å²) in [6.45, 7) is 0. The molecular weight excluding hydrogens is 372 g/mol.